The third kappa shape index (κ3) is 1.78. The molecule has 2 heterocycles. The first-order valence-electron chi connectivity index (χ1n) is 5.06. The molecule has 0 aliphatic carbocycles. The lowest BCUT2D eigenvalue weighted by atomic mass is 10.2. The highest BCUT2D eigenvalue weighted by Gasteiger charge is 2.15. The molecule has 0 aliphatic heterocycles. The van der Waals surface area contributed by atoms with Crippen molar-refractivity contribution >= 4 is 39.0 Å². The van der Waals surface area contributed by atoms with Crippen molar-refractivity contribution in [2.45, 2.75) is 0 Å². The molecule has 7 nitrogen and oxygen atoms in total. The lowest BCUT2D eigenvalue weighted by molar-refractivity contribution is 0.102. The number of nitrogen functional groups attached to an aromatic ring is 1. The number of rotatable bonds is 2. The van der Waals surface area contributed by atoms with Gasteiger partial charge in [0.15, 0.2) is 5.69 Å². The van der Waals surface area contributed by atoms with Crippen molar-refractivity contribution < 1.29 is 4.79 Å². The van der Waals surface area contributed by atoms with Gasteiger partial charge in [0.1, 0.15) is 5.00 Å². The van der Waals surface area contributed by atoms with Crippen molar-refractivity contribution in [3.63, 3.8) is 0 Å². The Kier molecular flexibility index (Phi) is 2.41. The fourth-order valence-electron chi connectivity index (χ4n) is 1.60. The van der Waals surface area contributed by atoms with Crippen molar-refractivity contribution in [1.82, 2.24) is 19.8 Å². The quantitative estimate of drug-likeness (QED) is 0.601. The number of benzene rings is 1. The van der Waals surface area contributed by atoms with Gasteiger partial charge in [-0.3, -0.25) is 9.89 Å². The summed E-state index contributed by atoms with van der Waals surface area (Å²) < 4.78 is 3.66. The topological polar surface area (TPSA) is 110 Å². The molecule has 3 aromatic rings. The van der Waals surface area contributed by atoms with Gasteiger partial charge in [-0.15, -0.1) is 5.10 Å². The minimum absolute atomic E-state index is 0.297. The minimum Gasteiger partial charge on any atom is -0.399 e. The average Bonchev–Trinajstić information content (AvgIpc) is 2.97. The highest BCUT2D eigenvalue weighted by Crippen LogP contribution is 2.20. The van der Waals surface area contributed by atoms with Gasteiger partial charge in [-0.05, 0) is 18.2 Å². The van der Waals surface area contributed by atoms with E-state index in [9.17, 15) is 4.79 Å². The van der Waals surface area contributed by atoms with Crippen molar-refractivity contribution in [3.05, 3.63) is 30.1 Å². The van der Waals surface area contributed by atoms with Crippen molar-refractivity contribution in [1.29, 1.82) is 0 Å². The van der Waals surface area contributed by atoms with Crippen LogP contribution < -0.4 is 11.1 Å². The second-order valence-corrected chi connectivity index (χ2v) is 4.40. The number of aromatic nitrogens is 4. The van der Waals surface area contributed by atoms with Gasteiger partial charge in [0.05, 0.1) is 11.7 Å². The van der Waals surface area contributed by atoms with E-state index in [-0.39, 0.29) is 5.91 Å². The summed E-state index contributed by atoms with van der Waals surface area (Å²) in [4.78, 5) is 12.0. The first-order valence-corrected chi connectivity index (χ1v) is 5.84. The molecule has 90 valence electrons. The first kappa shape index (κ1) is 10.7. The summed E-state index contributed by atoms with van der Waals surface area (Å²) >= 11 is 1.10. The van der Waals surface area contributed by atoms with Crippen LogP contribution in [0.2, 0.25) is 0 Å². The molecule has 0 radical (unpaired) electrons. The molecule has 0 bridgehead atoms. The van der Waals surface area contributed by atoms with Crippen LogP contribution in [0.4, 0.5) is 10.7 Å². The third-order valence-electron chi connectivity index (χ3n) is 2.40. The highest BCUT2D eigenvalue weighted by molar-refractivity contribution is 7.10. The van der Waals surface area contributed by atoms with Crippen LogP contribution in [0.15, 0.2) is 24.4 Å². The van der Waals surface area contributed by atoms with Crippen molar-refractivity contribution in [2.24, 2.45) is 0 Å². The summed E-state index contributed by atoms with van der Waals surface area (Å²) in [5, 5.41) is 14.3. The van der Waals surface area contributed by atoms with Crippen LogP contribution in [-0.4, -0.2) is 25.7 Å². The van der Waals surface area contributed by atoms with E-state index in [1.165, 1.54) is 6.20 Å². The van der Waals surface area contributed by atoms with E-state index < -0.39 is 0 Å². The maximum atomic E-state index is 12.0. The highest BCUT2D eigenvalue weighted by atomic mass is 32.1. The Morgan fingerprint density at radius 1 is 1.44 bits per heavy atom. The molecular weight excluding hydrogens is 252 g/mol. The number of hydrogen-bond donors (Lipinski definition) is 3. The van der Waals surface area contributed by atoms with Gasteiger partial charge < -0.3 is 11.1 Å². The van der Waals surface area contributed by atoms with E-state index in [0.717, 1.165) is 17.0 Å². The lowest BCUT2D eigenvalue weighted by Crippen LogP contribution is -2.11. The normalized spacial score (nSPS) is 10.7. The van der Waals surface area contributed by atoms with E-state index in [2.05, 4.69) is 25.1 Å². The number of nitrogens with one attached hydrogen (secondary N) is 2. The Balaban J connectivity index is 1.98. The number of nitrogens with zero attached hydrogens (tertiary/aromatic N) is 3. The fourth-order valence-corrected chi connectivity index (χ4v) is 2.01. The number of fused-ring (bicyclic) bond motifs is 1. The number of carbonyl (C=O) groups excluding carboxylic acids is 1. The number of nitrogens with two attached hydrogens (primary N) is 1. The SMILES string of the molecule is Nc1ccc2[nH]nc(C(=O)Nc3cnns3)c2c1. The van der Waals surface area contributed by atoms with Crippen LogP contribution in [0.5, 0.6) is 0 Å². The number of hydrogen-bond acceptors (Lipinski definition) is 6. The largest absolute Gasteiger partial charge is 0.399 e. The van der Waals surface area contributed by atoms with Crippen LogP contribution in [0.25, 0.3) is 10.9 Å². The van der Waals surface area contributed by atoms with Gasteiger partial charge in [0, 0.05) is 22.6 Å². The zero-order valence-corrected chi connectivity index (χ0v) is 9.86. The fraction of sp³-hybridized carbons (Fsp3) is 0. The summed E-state index contributed by atoms with van der Waals surface area (Å²) in [5.74, 6) is -0.321. The molecule has 2 aromatic heterocycles. The standard InChI is InChI=1S/C10H8N6OS/c11-5-1-2-7-6(3-5)9(15-14-7)10(17)13-8-4-12-16-18-8/h1-4H,11H2,(H,13,17)(H,14,15). The summed E-state index contributed by atoms with van der Waals surface area (Å²) in [7, 11) is 0. The van der Waals surface area contributed by atoms with Gasteiger partial charge in [0.2, 0.25) is 0 Å². The van der Waals surface area contributed by atoms with E-state index in [4.69, 9.17) is 5.73 Å². The Hall–Kier alpha value is -2.48. The molecule has 0 fully saturated rings. The van der Waals surface area contributed by atoms with E-state index in [1.54, 1.807) is 18.2 Å². The molecule has 3 rings (SSSR count). The number of carbonyl (C=O) groups is 1. The summed E-state index contributed by atoms with van der Waals surface area (Å²) in [5.41, 5.74) is 7.34. The molecule has 8 heteroatoms. The number of amides is 1. The molecule has 0 spiro atoms. The van der Waals surface area contributed by atoms with Gasteiger partial charge in [0.25, 0.3) is 5.91 Å². The van der Waals surface area contributed by atoms with Gasteiger partial charge >= 0.3 is 0 Å². The molecule has 0 saturated carbocycles. The van der Waals surface area contributed by atoms with Crippen LogP contribution in [-0.2, 0) is 0 Å². The second-order valence-electron chi connectivity index (χ2n) is 3.61. The Labute approximate surface area is 105 Å². The molecule has 1 aromatic carbocycles. The maximum absolute atomic E-state index is 12.0. The summed E-state index contributed by atoms with van der Waals surface area (Å²) in [6, 6.07) is 5.23. The maximum Gasteiger partial charge on any atom is 0.277 e. The monoisotopic (exact) mass is 260 g/mol. The van der Waals surface area contributed by atoms with Gasteiger partial charge in [-0.2, -0.15) is 5.10 Å². The molecule has 0 saturated heterocycles. The Morgan fingerprint density at radius 3 is 3.11 bits per heavy atom. The predicted octanol–water partition coefficient (Wildman–Crippen LogP) is 1.25. The first-order chi connectivity index (χ1) is 8.74. The van der Waals surface area contributed by atoms with Crippen LogP contribution >= 0.6 is 11.5 Å². The Morgan fingerprint density at radius 2 is 2.33 bits per heavy atom. The smallest absolute Gasteiger partial charge is 0.277 e. The molecule has 4 N–H and O–H groups in total. The van der Waals surface area contributed by atoms with E-state index in [1.807, 2.05) is 0 Å². The number of anilines is 2. The van der Waals surface area contributed by atoms with Crippen LogP contribution in [0.1, 0.15) is 10.5 Å². The van der Waals surface area contributed by atoms with Crippen LogP contribution in [0.3, 0.4) is 0 Å². The summed E-state index contributed by atoms with van der Waals surface area (Å²) in [6.07, 6.45) is 1.48. The van der Waals surface area contributed by atoms with E-state index >= 15 is 0 Å². The summed E-state index contributed by atoms with van der Waals surface area (Å²) in [6.45, 7) is 0. The predicted molar refractivity (Wildman–Crippen MR) is 68.4 cm³/mol. The molecule has 1 amide bonds. The van der Waals surface area contributed by atoms with E-state index in [0.29, 0.717) is 21.8 Å². The molecule has 0 unspecified atom stereocenters. The number of aromatic amines is 1. The molecule has 0 aliphatic rings. The Bertz CT molecular complexity index is 704. The zero-order chi connectivity index (χ0) is 12.5. The molecule has 18 heavy (non-hydrogen) atoms. The van der Waals surface area contributed by atoms with Crippen LogP contribution in [0, 0.1) is 0 Å². The van der Waals surface area contributed by atoms with Gasteiger partial charge in [-0.1, -0.05) is 4.49 Å². The van der Waals surface area contributed by atoms with Crippen molar-refractivity contribution in [3.8, 4) is 0 Å². The molecular formula is C10H8N6OS. The van der Waals surface area contributed by atoms with Gasteiger partial charge in [-0.25, -0.2) is 0 Å². The third-order valence-corrected chi connectivity index (χ3v) is 2.98. The van der Waals surface area contributed by atoms with Crippen molar-refractivity contribution in [2.75, 3.05) is 11.1 Å². The number of H-pyrrole nitrogens is 1. The minimum atomic E-state index is -0.321. The molecule has 0 atom stereocenters. The zero-order valence-electron chi connectivity index (χ0n) is 9.04. The average molecular weight is 260 g/mol. The lowest BCUT2D eigenvalue weighted by Gasteiger charge is -1.98. The second kappa shape index (κ2) is 4.08.